The van der Waals surface area contributed by atoms with Gasteiger partial charge in [0.15, 0.2) is 8.32 Å². The summed E-state index contributed by atoms with van der Waals surface area (Å²) in [5.74, 6) is -0.0538. The van der Waals surface area contributed by atoms with Crippen molar-refractivity contribution in [1.29, 1.82) is 0 Å². The van der Waals surface area contributed by atoms with Crippen molar-refractivity contribution in [3.63, 3.8) is 0 Å². The van der Waals surface area contributed by atoms with Crippen molar-refractivity contribution in [2.45, 2.75) is 174 Å². The predicted octanol–water partition coefficient (Wildman–Crippen LogP) is 11.1. The molecule has 0 amide bonds. The smallest absolute Gasteiger partial charge is 0.192 e. The van der Waals surface area contributed by atoms with E-state index < -0.39 is 8.32 Å². The first-order valence-electron chi connectivity index (χ1n) is 16.4. The van der Waals surface area contributed by atoms with Crippen molar-refractivity contribution in [3.8, 4) is 0 Å². The Morgan fingerprint density at radius 1 is 0.769 bits per heavy atom. The van der Waals surface area contributed by atoms with Crippen LogP contribution in [-0.2, 0) is 20.6 Å². The molecule has 0 fully saturated rings. The molecule has 1 aromatic carbocycles. The van der Waals surface area contributed by atoms with Crippen molar-refractivity contribution in [2.24, 2.45) is 5.92 Å². The molecule has 0 unspecified atom stereocenters. The van der Waals surface area contributed by atoms with Gasteiger partial charge in [0.2, 0.25) is 0 Å². The van der Waals surface area contributed by atoms with E-state index in [1.54, 1.807) is 0 Å². The Morgan fingerprint density at radius 3 is 1.82 bits per heavy atom. The molecule has 0 heterocycles. The molecule has 0 bridgehead atoms. The largest absolute Gasteiger partial charge is 0.413 e. The van der Waals surface area contributed by atoms with Crippen LogP contribution in [0, 0.1) is 5.92 Å². The van der Waals surface area contributed by atoms with E-state index in [0.717, 1.165) is 25.7 Å². The third kappa shape index (κ3) is 16.2. The van der Waals surface area contributed by atoms with Crippen LogP contribution in [0.25, 0.3) is 0 Å². The minimum Gasteiger partial charge on any atom is -0.413 e. The maximum Gasteiger partial charge on any atom is 0.192 e. The van der Waals surface area contributed by atoms with Gasteiger partial charge in [-0.2, -0.15) is 0 Å². The zero-order chi connectivity index (χ0) is 29.0. The van der Waals surface area contributed by atoms with Gasteiger partial charge in [0.05, 0.1) is 18.8 Å². The van der Waals surface area contributed by atoms with Crippen LogP contribution in [0.4, 0.5) is 0 Å². The van der Waals surface area contributed by atoms with Crippen LogP contribution in [0.1, 0.15) is 143 Å². The van der Waals surface area contributed by atoms with Crippen molar-refractivity contribution in [2.75, 3.05) is 0 Å². The van der Waals surface area contributed by atoms with Crippen LogP contribution in [0.3, 0.4) is 0 Å². The van der Waals surface area contributed by atoms with E-state index in [1.165, 1.54) is 88.9 Å². The van der Waals surface area contributed by atoms with E-state index in [1.807, 2.05) is 0 Å². The summed E-state index contributed by atoms with van der Waals surface area (Å²) in [4.78, 5) is 12.4. The highest BCUT2D eigenvalue weighted by atomic mass is 28.4. The second-order valence-electron chi connectivity index (χ2n) is 13.3. The molecule has 0 spiro atoms. The summed E-state index contributed by atoms with van der Waals surface area (Å²) >= 11 is 0. The molecule has 1 rings (SSSR count). The van der Waals surface area contributed by atoms with Crippen LogP contribution >= 0.6 is 0 Å². The number of aldehydes is 1. The number of rotatable bonds is 24. The molecule has 0 N–H and O–H groups in total. The first-order chi connectivity index (χ1) is 18.6. The molecule has 0 saturated heterocycles. The fraction of sp³-hybridized carbons (Fsp3) is 0.800. The number of hydrogen-bond donors (Lipinski definition) is 0. The van der Waals surface area contributed by atoms with Gasteiger partial charge in [-0.15, -0.1) is 0 Å². The van der Waals surface area contributed by atoms with Crippen LogP contribution in [0.5, 0.6) is 0 Å². The van der Waals surface area contributed by atoms with Gasteiger partial charge in [-0.25, -0.2) is 0 Å². The van der Waals surface area contributed by atoms with Crippen LogP contribution in [0.15, 0.2) is 30.3 Å². The summed E-state index contributed by atoms with van der Waals surface area (Å²) in [5, 5.41) is 0.110. The zero-order valence-corrected chi connectivity index (χ0v) is 27.9. The van der Waals surface area contributed by atoms with Crippen LogP contribution in [0.2, 0.25) is 18.1 Å². The van der Waals surface area contributed by atoms with E-state index in [2.05, 4.69) is 78.0 Å². The lowest BCUT2D eigenvalue weighted by atomic mass is 9.91. The monoisotopic (exact) mass is 560 g/mol. The Morgan fingerprint density at radius 2 is 1.28 bits per heavy atom. The number of ether oxygens (including phenoxy) is 1. The summed E-state index contributed by atoms with van der Waals surface area (Å²) in [6.45, 7) is 16.7. The molecule has 0 aliphatic carbocycles. The Balaban J connectivity index is 2.88. The second kappa shape index (κ2) is 20.8. The molecular formula is C35H64O3Si. The van der Waals surface area contributed by atoms with E-state index in [-0.39, 0.29) is 23.2 Å². The minimum atomic E-state index is -2.03. The molecule has 1 aromatic rings. The second-order valence-corrected chi connectivity index (χ2v) is 18.1. The predicted molar refractivity (Wildman–Crippen MR) is 172 cm³/mol. The van der Waals surface area contributed by atoms with Crippen molar-refractivity contribution >= 4 is 14.6 Å². The first-order valence-corrected chi connectivity index (χ1v) is 19.3. The normalized spacial score (nSPS) is 14.7. The van der Waals surface area contributed by atoms with E-state index >= 15 is 0 Å². The Hall–Kier alpha value is -0.973. The summed E-state index contributed by atoms with van der Waals surface area (Å²) in [7, 11) is -2.03. The molecule has 226 valence electrons. The third-order valence-electron chi connectivity index (χ3n) is 8.75. The number of hydrogen-bond acceptors (Lipinski definition) is 3. The summed E-state index contributed by atoms with van der Waals surface area (Å²) in [6.07, 6.45) is 20.7. The molecule has 0 saturated carbocycles. The maximum atomic E-state index is 12.4. The lowest BCUT2D eigenvalue weighted by Gasteiger charge is -2.41. The third-order valence-corrected chi connectivity index (χ3v) is 13.3. The summed E-state index contributed by atoms with van der Waals surface area (Å²) in [5.41, 5.74) is 1.21. The number of benzene rings is 1. The lowest BCUT2D eigenvalue weighted by molar-refractivity contribution is -0.115. The van der Waals surface area contributed by atoms with Gasteiger partial charge in [0.1, 0.15) is 6.29 Å². The molecule has 39 heavy (non-hydrogen) atoms. The first kappa shape index (κ1) is 36.1. The van der Waals surface area contributed by atoms with E-state index in [0.29, 0.717) is 6.61 Å². The average Bonchev–Trinajstić information content (AvgIpc) is 2.90. The Labute approximate surface area is 244 Å². The SMILES string of the molecule is CCCCCCCCCCC[C@H](C[C@H](O[Si](C)(C)C(C)(C)C)[C@@H](C=O)CCCCCC)OCc1ccccc1. The molecule has 4 heteroatoms. The van der Waals surface area contributed by atoms with Gasteiger partial charge in [-0.3, -0.25) is 0 Å². The van der Waals surface area contributed by atoms with Gasteiger partial charge >= 0.3 is 0 Å². The van der Waals surface area contributed by atoms with Gasteiger partial charge in [-0.05, 0) is 43.0 Å². The molecule has 3 atom stereocenters. The van der Waals surface area contributed by atoms with Gasteiger partial charge < -0.3 is 14.0 Å². The molecule has 0 aliphatic heterocycles. The van der Waals surface area contributed by atoms with Gasteiger partial charge in [-0.1, -0.05) is 148 Å². The number of unbranched alkanes of at least 4 members (excludes halogenated alkanes) is 11. The molecule has 0 aromatic heterocycles. The summed E-state index contributed by atoms with van der Waals surface area (Å²) in [6, 6.07) is 10.5. The van der Waals surface area contributed by atoms with E-state index in [4.69, 9.17) is 9.16 Å². The number of carbonyl (C=O) groups excluding carboxylic acids is 1. The maximum absolute atomic E-state index is 12.4. The molecule has 0 radical (unpaired) electrons. The average molecular weight is 561 g/mol. The van der Waals surface area contributed by atoms with Gasteiger partial charge in [0.25, 0.3) is 0 Å². The fourth-order valence-electron chi connectivity index (χ4n) is 5.01. The van der Waals surface area contributed by atoms with E-state index in [9.17, 15) is 4.79 Å². The highest BCUT2D eigenvalue weighted by Crippen LogP contribution is 2.39. The highest BCUT2D eigenvalue weighted by molar-refractivity contribution is 6.74. The molecule has 3 nitrogen and oxygen atoms in total. The minimum absolute atomic E-state index is 0.0538. The Bertz CT molecular complexity index is 712. The fourth-order valence-corrected chi connectivity index (χ4v) is 6.39. The lowest BCUT2D eigenvalue weighted by Crippen LogP contribution is -2.47. The quantitative estimate of drug-likeness (QED) is 0.0716. The highest BCUT2D eigenvalue weighted by Gasteiger charge is 2.41. The zero-order valence-electron chi connectivity index (χ0n) is 26.9. The van der Waals surface area contributed by atoms with Gasteiger partial charge in [0, 0.05) is 5.92 Å². The van der Waals surface area contributed by atoms with Crippen molar-refractivity contribution in [1.82, 2.24) is 0 Å². The Kier molecular flexibility index (Phi) is 19.3. The van der Waals surface area contributed by atoms with Crippen LogP contribution < -0.4 is 0 Å². The standard InChI is InChI=1S/C35H64O3Si/c1-8-10-12-14-15-16-17-18-23-27-33(37-30-31-24-20-19-21-25-31)28-34(38-39(6,7)35(3,4)5)32(29-36)26-22-13-11-9-2/h19-21,24-25,29,32-34H,8-18,22-23,26-28,30H2,1-7H3/t32-,33-,34+/m1/s1. The summed E-state index contributed by atoms with van der Waals surface area (Å²) < 4.78 is 13.6. The van der Waals surface area contributed by atoms with Crippen molar-refractivity contribution in [3.05, 3.63) is 35.9 Å². The molecular weight excluding hydrogens is 496 g/mol. The van der Waals surface area contributed by atoms with Crippen LogP contribution in [-0.4, -0.2) is 26.8 Å². The molecule has 0 aliphatic rings. The van der Waals surface area contributed by atoms with Crippen molar-refractivity contribution < 1.29 is 14.0 Å². The number of carbonyl (C=O) groups is 1. The topological polar surface area (TPSA) is 35.5 Å².